The van der Waals surface area contributed by atoms with Gasteiger partial charge in [-0.05, 0) is 25.1 Å². The fourth-order valence-corrected chi connectivity index (χ4v) is 3.52. The highest BCUT2D eigenvalue weighted by atomic mass is 16.5. The summed E-state index contributed by atoms with van der Waals surface area (Å²) in [4.78, 5) is 21.4. The van der Waals surface area contributed by atoms with Crippen LogP contribution in [-0.4, -0.2) is 48.6 Å². The highest BCUT2D eigenvalue weighted by Crippen LogP contribution is 2.28. The Morgan fingerprint density at radius 3 is 2.63 bits per heavy atom. The lowest BCUT2D eigenvalue weighted by atomic mass is 10.1. The molecule has 27 heavy (non-hydrogen) atoms. The van der Waals surface area contributed by atoms with E-state index in [1.807, 2.05) is 48.7 Å². The van der Waals surface area contributed by atoms with Gasteiger partial charge in [0.2, 0.25) is 5.76 Å². The van der Waals surface area contributed by atoms with Crippen molar-refractivity contribution in [3.63, 3.8) is 0 Å². The van der Waals surface area contributed by atoms with Crippen molar-refractivity contribution in [2.45, 2.75) is 13.5 Å². The first-order valence-corrected chi connectivity index (χ1v) is 9.32. The highest BCUT2D eigenvalue weighted by Gasteiger charge is 2.25. The zero-order chi connectivity index (χ0) is 18.6. The van der Waals surface area contributed by atoms with Gasteiger partial charge >= 0.3 is 5.97 Å². The Hall–Kier alpha value is -2.86. The number of carbonyl (C=O) groups excluding carboxylic acids is 1. The number of esters is 1. The molecule has 3 heterocycles. The number of pyridine rings is 1. The van der Waals surface area contributed by atoms with Gasteiger partial charge in [0.1, 0.15) is 11.4 Å². The fraction of sp³-hybridized carbons (Fsp3) is 0.333. The van der Waals surface area contributed by atoms with Gasteiger partial charge in [0.25, 0.3) is 0 Å². The molecular formula is C21H23N3O3. The Balaban J connectivity index is 1.52. The van der Waals surface area contributed by atoms with Crippen molar-refractivity contribution in [3.05, 3.63) is 60.0 Å². The van der Waals surface area contributed by atoms with Crippen molar-refractivity contribution in [2.24, 2.45) is 0 Å². The number of furan rings is 1. The predicted octanol–water partition coefficient (Wildman–Crippen LogP) is 3.33. The first-order chi connectivity index (χ1) is 13.3. The lowest BCUT2D eigenvalue weighted by molar-refractivity contribution is 0.0489. The zero-order valence-corrected chi connectivity index (χ0v) is 15.4. The van der Waals surface area contributed by atoms with Gasteiger partial charge in [-0.2, -0.15) is 0 Å². The van der Waals surface area contributed by atoms with Crippen LogP contribution in [0.3, 0.4) is 0 Å². The number of carbonyl (C=O) groups is 1. The van der Waals surface area contributed by atoms with E-state index in [1.54, 1.807) is 6.92 Å². The average molecular weight is 365 g/mol. The SMILES string of the molecule is CCOC(=O)c1oc2ccccc2c1CN1CCN(c2ccccn2)CC1. The predicted molar refractivity (Wildman–Crippen MR) is 104 cm³/mol. The first-order valence-electron chi connectivity index (χ1n) is 9.32. The normalized spacial score (nSPS) is 15.2. The molecule has 1 aromatic carbocycles. The molecule has 1 saturated heterocycles. The summed E-state index contributed by atoms with van der Waals surface area (Å²) in [7, 11) is 0. The van der Waals surface area contributed by atoms with Crippen molar-refractivity contribution in [3.8, 4) is 0 Å². The van der Waals surface area contributed by atoms with Crippen LogP contribution < -0.4 is 4.90 Å². The quantitative estimate of drug-likeness (QED) is 0.647. The number of ether oxygens (including phenoxy) is 1. The third-order valence-corrected chi connectivity index (χ3v) is 4.89. The molecule has 1 fully saturated rings. The first kappa shape index (κ1) is 17.5. The second-order valence-electron chi connectivity index (χ2n) is 6.58. The van der Waals surface area contributed by atoms with Crippen LogP contribution in [0.15, 0.2) is 53.1 Å². The maximum Gasteiger partial charge on any atom is 0.374 e. The van der Waals surface area contributed by atoms with E-state index >= 15 is 0 Å². The number of hydrogen-bond donors (Lipinski definition) is 0. The highest BCUT2D eigenvalue weighted by molar-refractivity contribution is 5.96. The molecule has 1 aliphatic rings. The van der Waals surface area contributed by atoms with Crippen LogP contribution in [0.4, 0.5) is 5.82 Å². The maximum atomic E-state index is 12.4. The Kier molecular flexibility index (Phi) is 5.07. The number of hydrogen-bond acceptors (Lipinski definition) is 6. The molecule has 0 saturated carbocycles. The minimum absolute atomic E-state index is 0.324. The smallest absolute Gasteiger partial charge is 0.374 e. The molecule has 0 aliphatic carbocycles. The Morgan fingerprint density at radius 1 is 1.11 bits per heavy atom. The van der Waals surface area contributed by atoms with Gasteiger partial charge in [0, 0.05) is 49.9 Å². The Morgan fingerprint density at radius 2 is 1.89 bits per heavy atom. The number of piperazine rings is 1. The molecule has 6 nitrogen and oxygen atoms in total. The van der Waals surface area contributed by atoms with E-state index in [2.05, 4.69) is 14.8 Å². The van der Waals surface area contributed by atoms with Gasteiger partial charge in [0.15, 0.2) is 0 Å². The topological polar surface area (TPSA) is 58.8 Å². The molecule has 0 amide bonds. The van der Waals surface area contributed by atoms with Crippen molar-refractivity contribution in [1.82, 2.24) is 9.88 Å². The van der Waals surface area contributed by atoms with Crippen molar-refractivity contribution < 1.29 is 13.9 Å². The molecule has 6 heteroatoms. The minimum Gasteiger partial charge on any atom is -0.460 e. The largest absolute Gasteiger partial charge is 0.460 e. The van der Waals surface area contributed by atoms with E-state index in [4.69, 9.17) is 9.15 Å². The van der Waals surface area contributed by atoms with Gasteiger partial charge in [-0.3, -0.25) is 4.90 Å². The molecule has 0 spiro atoms. The molecule has 0 radical (unpaired) electrons. The second-order valence-corrected chi connectivity index (χ2v) is 6.58. The molecule has 2 aromatic heterocycles. The molecule has 140 valence electrons. The molecule has 3 aromatic rings. The minimum atomic E-state index is -0.393. The van der Waals surface area contributed by atoms with Crippen LogP contribution in [0, 0.1) is 0 Å². The summed E-state index contributed by atoms with van der Waals surface area (Å²) in [6.45, 7) is 6.41. The average Bonchev–Trinajstić information content (AvgIpc) is 3.08. The third-order valence-electron chi connectivity index (χ3n) is 4.89. The molecule has 0 N–H and O–H groups in total. The fourth-order valence-electron chi connectivity index (χ4n) is 3.52. The molecule has 0 unspecified atom stereocenters. The van der Waals surface area contributed by atoms with Crippen LogP contribution in [0.1, 0.15) is 23.0 Å². The van der Waals surface area contributed by atoms with Crippen molar-refractivity contribution >= 4 is 22.8 Å². The Bertz CT molecular complexity index is 915. The standard InChI is InChI=1S/C21H23N3O3/c1-2-26-21(25)20-17(16-7-3-4-8-18(16)27-20)15-23-11-13-24(14-12-23)19-9-5-6-10-22-19/h3-10H,2,11-15H2,1H3. The van der Waals surface area contributed by atoms with Crippen LogP contribution >= 0.6 is 0 Å². The molecule has 1 aliphatic heterocycles. The monoisotopic (exact) mass is 365 g/mol. The van der Waals surface area contributed by atoms with Gasteiger partial charge < -0.3 is 14.1 Å². The molecule has 0 atom stereocenters. The third kappa shape index (κ3) is 3.66. The molecular weight excluding hydrogens is 342 g/mol. The van der Waals surface area contributed by atoms with Crippen molar-refractivity contribution in [1.29, 1.82) is 0 Å². The zero-order valence-electron chi connectivity index (χ0n) is 15.4. The maximum absolute atomic E-state index is 12.4. The summed E-state index contributed by atoms with van der Waals surface area (Å²) in [5.41, 5.74) is 1.64. The second kappa shape index (κ2) is 7.80. The number of fused-ring (bicyclic) bond motifs is 1. The van der Waals surface area contributed by atoms with Gasteiger partial charge in [-0.25, -0.2) is 9.78 Å². The van der Waals surface area contributed by atoms with Gasteiger partial charge in [-0.15, -0.1) is 0 Å². The number of rotatable bonds is 5. The summed E-state index contributed by atoms with van der Waals surface area (Å²) >= 11 is 0. The number of benzene rings is 1. The summed E-state index contributed by atoms with van der Waals surface area (Å²) in [5.74, 6) is 0.944. The number of aromatic nitrogens is 1. The number of para-hydroxylation sites is 1. The molecule has 0 bridgehead atoms. The summed E-state index contributed by atoms with van der Waals surface area (Å²) in [5, 5.41) is 0.979. The molecule has 4 rings (SSSR count). The van der Waals surface area contributed by atoms with E-state index in [0.29, 0.717) is 18.9 Å². The van der Waals surface area contributed by atoms with Crippen LogP contribution in [0.25, 0.3) is 11.0 Å². The lowest BCUT2D eigenvalue weighted by Gasteiger charge is -2.35. The van der Waals surface area contributed by atoms with E-state index in [1.165, 1.54) is 0 Å². The van der Waals surface area contributed by atoms with E-state index in [0.717, 1.165) is 48.5 Å². The Labute approximate surface area is 158 Å². The summed E-state index contributed by atoms with van der Waals surface area (Å²) in [6.07, 6.45) is 1.82. The van der Waals surface area contributed by atoms with Crippen LogP contribution in [0.2, 0.25) is 0 Å². The van der Waals surface area contributed by atoms with E-state index in [9.17, 15) is 4.79 Å². The number of nitrogens with zero attached hydrogens (tertiary/aromatic N) is 3. The van der Waals surface area contributed by atoms with Crippen LogP contribution in [0.5, 0.6) is 0 Å². The summed E-state index contributed by atoms with van der Waals surface area (Å²) < 4.78 is 11.0. The van der Waals surface area contributed by atoms with Crippen molar-refractivity contribution in [2.75, 3.05) is 37.7 Å². The van der Waals surface area contributed by atoms with Crippen LogP contribution in [-0.2, 0) is 11.3 Å². The van der Waals surface area contributed by atoms with Gasteiger partial charge in [0.05, 0.1) is 6.61 Å². The summed E-state index contributed by atoms with van der Waals surface area (Å²) in [6, 6.07) is 13.8. The number of anilines is 1. The van der Waals surface area contributed by atoms with E-state index in [-0.39, 0.29) is 0 Å². The van der Waals surface area contributed by atoms with E-state index < -0.39 is 5.97 Å². The van der Waals surface area contributed by atoms with Gasteiger partial charge in [-0.1, -0.05) is 24.3 Å². The lowest BCUT2D eigenvalue weighted by Crippen LogP contribution is -2.46.